The van der Waals surface area contributed by atoms with E-state index in [2.05, 4.69) is 60.9 Å². The van der Waals surface area contributed by atoms with Crippen molar-refractivity contribution in [3.05, 3.63) is 53.6 Å². The number of benzene rings is 1. The molecule has 3 nitrogen and oxygen atoms in total. The number of aliphatic imine (C=N–C) groups is 1. The number of nitrogens with zero attached hydrogens (tertiary/aromatic N) is 3. The summed E-state index contributed by atoms with van der Waals surface area (Å²) in [6.07, 6.45) is 5.20. The Bertz CT molecular complexity index is 566. The molecule has 0 unspecified atom stereocenters. The zero-order valence-electron chi connectivity index (χ0n) is 12.9. The number of hydrogen-bond acceptors (Lipinski definition) is 3. The molecular weight excluding hydrogens is 305 g/mol. The fraction of sp³-hybridized carbons (Fsp3) is 0.353. The largest absolute Gasteiger partial charge is 0.252 e. The smallest absolute Gasteiger partial charge is 0.170 e. The van der Waals surface area contributed by atoms with Crippen molar-refractivity contribution in [3.63, 3.8) is 0 Å². The number of para-hydroxylation sites is 1. The van der Waals surface area contributed by atoms with Crippen LogP contribution in [0.2, 0.25) is 0 Å². The molecule has 0 aliphatic rings. The van der Waals surface area contributed by atoms with Crippen LogP contribution in [-0.4, -0.2) is 16.2 Å². The molecule has 21 heavy (non-hydrogen) atoms. The molecule has 1 aromatic carbocycles. The molecule has 2 aromatic rings. The van der Waals surface area contributed by atoms with Gasteiger partial charge in [0.1, 0.15) is 0 Å². The Labute approximate surface area is 136 Å². The molecule has 0 bridgehead atoms. The van der Waals surface area contributed by atoms with Crippen LogP contribution in [0.3, 0.4) is 0 Å². The van der Waals surface area contributed by atoms with Crippen LogP contribution >= 0.6 is 0 Å². The van der Waals surface area contributed by atoms with E-state index in [-0.39, 0.29) is 16.5 Å². The molecule has 0 aliphatic carbocycles. The first-order valence-corrected chi connectivity index (χ1v) is 7.03. The van der Waals surface area contributed by atoms with Crippen LogP contribution in [-0.2, 0) is 16.5 Å². The van der Waals surface area contributed by atoms with Crippen molar-refractivity contribution in [2.75, 3.05) is 0 Å². The molecule has 0 radical (unpaired) electrons. The quantitative estimate of drug-likeness (QED) is 0.614. The minimum atomic E-state index is 0. The van der Waals surface area contributed by atoms with E-state index >= 15 is 0 Å². The van der Waals surface area contributed by atoms with Gasteiger partial charge in [0.15, 0.2) is 5.82 Å². The zero-order valence-corrected chi connectivity index (χ0v) is 13.8. The average molecular weight is 326 g/mol. The molecule has 1 aromatic heterocycles. The summed E-state index contributed by atoms with van der Waals surface area (Å²) in [5.41, 5.74) is 3.59. The van der Waals surface area contributed by atoms with Crippen LogP contribution in [0.15, 0.2) is 41.7 Å². The van der Waals surface area contributed by atoms with E-state index in [1.807, 2.05) is 0 Å². The van der Waals surface area contributed by atoms with Gasteiger partial charge in [0.05, 0.1) is 11.9 Å². The molecule has 0 N–H and O–H groups in total. The van der Waals surface area contributed by atoms with E-state index in [9.17, 15) is 0 Å². The van der Waals surface area contributed by atoms with Crippen LogP contribution in [0.4, 0.5) is 5.69 Å². The fourth-order valence-corrected chi connectivity index (χ4v) is 2.16. The molecule has 1 heterocycles. The zero-order chi connectivity index (χ0) is 14.5. The molecule has 0 fully saturated rings. The van der Waals surface area contributed by atoms with Gasteiger partial charge in [-0.1, -0.05) is 45.9 Å². The van der Waals surface area contributed by atoms with Crippen molar-refractivity contribution in [3.8, 4) is 0 Å². The Morgan fingerprint density at radius 1 is 0.905 bits per heavy atom. The fourth-order valence-electron chi connectivity index (χ4n) is 2.16. The maximum Gasteiger partial charge on any atom is 0.170 e. The molecule has 114 valence electrons. The topological polar surface area (TPSA) is 38.1 Å². The summed E-state index contributed by atoms with van der Waals surface area (Å²) in [5, 5.41) is 0. The summed E-state index contributed by atoms with van der Waals surface area (Å²) < 4.78 is 0. The van der Waals surface area contributed by atoms with E-state index in [4.69, 9.17) is 0 Å². The van der Waals surface area contributed by atoms with E-state index in [0.717, 1.165) is 5.69 Å². The minimum absolute atomic E-state index is 0. The van der Waals surface area contributed by atoms with Gasteiger partial charge < -0.3 is 0 Å². The molecule has 0 aliphatic heterocycles. The Morgan fingerprint density at radius 3 is 1.90 bits per heavy atom. The normalized spacial score (nSPS) is 11.1. The summed E-state index contributed by atoms with van der Waals surface area (Å²) in [7, 11) is 0. The molecule has 2 rings (SSSR count). The Kier molecular flexibility index (Phi) is 6.71. The standard InChI is InChI=1S/C17H21N3.Ni/c1-12(2)14-7-5-8-15(13(3)4)17(14)20-11-16-18-9-6-10-19-16;/h5-13H,1-4H3;. The molecule has 4 heteroatoms. The van der Waals surface area contributed by atoms with Crippen molar-refractivity contribution in [2.45, 2.75) is 39.5 Å². The summed E-state index contributed by atoms with van der Waals surface area (Å²) in [6, 6.07) is 8.21. The van der Waals surface area contributed by atoms with Gasteiger partial charge in [-0.25, -0.2) is 9.97 Å². The SMILES string of the molecule is CC(C)c1cccc(C(C)C)c1N=Cc1ncccn1.[Ni]. The van der Waals surface area contributed by atoms with Crippen LogP contribution in [0.1, 0.15) is 56.5 Å². The van der Waals surface area contributed by atoms with E-state index in [1.165, 1.54) is 11.1 Å². The van der Waals surface area contributed by atoms with Gasteiger partial charge in [-0.15, -0.1) is 0 Å². The third kappa shape index (κ3) is 4.47. The van der Waals surface area contributed by atoms with Gasteiger partial charge in [-0.3, -0.25) is 4.99 Å². The van der Waals surface area contributed by atoms with Gasteiger partial charge >= 0.3 is 0 Å². The Hall–Kier alpha value is -1.54. The van der Waals surface area contributed by atoms with Gasteiger partial charge in [0.2, 0.25) is 0 Å². The number of hydrogen-bond donors (Lipinski definition) is 0. The van der Waals surface area contributed by atoms with Gasteiger partial charge in [0.25, 0.3) is 0 Å². The maximum atomic E-state index is 4.67. The summed E-state index contributed by atoms with van der Waals surface area (Å²) in [5.74, 6) is 1.52. The van der Waals surface area contributed by atoms with Crippen LogP contribution in [0, 0.1) is 0 Å². The first kappa shape index (κ1) is 17.5. The first-order chi connectivity index (χ1) is 9.59. The minimum Gasteiger partial charge on any atom is -0.252 e. The van der Waals surface area contributed by atoms with Crippen molar-refractivity contribution < 1.29 is 16.5 Å². The second-order valence-electron chi connectivity index (χ2n) is 5.46. The van der Waals surface area contributed by atoms with E-state index in [1.54, 1.807) is 24.7 Å². The summed E-state index contributed by atoms with van der Waals surface area (Å²) in [6.45, 7) is 8.77. The Balaban J connectivity index is 0.00000220. The molecule has 0 saturated heterocycles. The second-order valence-corrected chi connectivity index (χ2v) is 5.46. The van der Waals surface area contributed by atoms with Gasteiger partial charge in [-0.05, 0) is 29.0 Å². The van der Waals surface area contributed by atoms with Gasteiger partial charge in [-0.2, -0.15) is 0 Å². The third-order valence-electron chi connectivity index (χ3n) is 3.24. The Morgan fingerprint density at radius 2 is 1.43 bits per heavy atom. The molecular formula is C17H21N3Ni. The third-order valence-corrected chi connectivity index (χ3v) is 3.24. The van der Waals surface area contributed by atoms with Crippen molar-refractivity contribution >= 4 is 11.9 Å². The van der Waals surface area contributed by atoms with Crippen molar-refractivity contribution in [1.82, 2.24) is 9.97 Å². The maximum absolute atomic E-state index is 4.67. The molecule has 0 amide bonds. The van der Waals surface area contributed by atoms with Gasteiger partial charge in [0, 0.05) is 28.9 Å². The van der Waals surface area contributed by atoms with E-state index < -0.39 is 0 Å². The first-order valence-electron chi connectivity index (χ1n) is 7.03. The molecule has 0 atom stereocenters. The summed E-state index contributed by atoms with van der Waals surface area (Å²) in [4.78, 5) is 13.0. The predicted molar refractivity (Wildman–Crippen MR) is 83.9 cm³/mol. The molecule has 0 saturated carbocycles. The van der Waals surface area contributed by atoms with Crippen LogP contribution < -0.4 is 0 Å². The monoisotopic (exact) mass is 325 g/mol. The summed E-state index contributed by atoms with van der Waals surface area (Å²) >= 11 is 0. The number of aromatic nitrogens is 2. The molecule has 0 spiro atoms. The van der Waals surface area contributed by atoms with E-state index in [0.29, 0.717) is 17.7 Å². The van der Waals surface area contributed by atoms with Crippen LogP contribution in [0.25, 0.3) is 0 Å². The van der Waals surface area contributed by atoms with Crippen LogP contribution in [0.5, 0.6) is 0 Å². The average Bonchev–Trinajstić information content (AvgIpc) is 2.45. The second kappa shape index (κ2) is 8.04. The number of rotatable bonds is 4. The van der Waals surface area contributed by atoms with Crippen molar-refractivity contribution in [1.29, 1.82) is 0 Å². The van der Waals surface area contributed by atoms with Crippen molar-refractivity contribution in [2.24, 2.45) is 4.99 Å². The predicted octanol–water partition coefficient (Wildman–Crippen LogP) is 4.47.